The van der Waals surface area contributed by atoms with Crippen LogP contribution in [0.2, 0.25) is 0 Å². The Morgan fingerprint density at radius 1 is 1.07 bits per heavy atom. The van der Waals surface area contributed by atoms with Crippen LogP contribution in [0.15, 0.2) is 57.0 Å². The van der Waals surface area contributed by atoms with Crippen LogP contribution in [0.1, 0.15) is 22.3 Å². The van der Waals surface area contributed by atoms with Crippen LogP contribution >= 0.6 is 0 Å². The monoisotopic (exact) mass is 359 g/mol. The summed E-state index contributed by atoms with van der Waals surface area (Å²) in [6.45, 7) is 3.88. The van der Waals surface area contributed by atoms with Gasteiger partial charge in [0, 0.05) is 17.4 Å². The first kappa shape index (κ1) is 16.8. The van der Waals surface area contributed by atoms with E-state index >= 15 is 0 Å². The van der Waals surface area contributed by atoms with Crippen molar-refractivity contribution in [1.29, 1.82) is 0 Å². The van der Waals surface area contributed by atoms with Crippen LogP contribution < -0.4 is 11.2 Å². The van der Waals surface area contributed by atoms with Crippen molar-refractivity contribution in [1.82, 2.24) is 9.55 Å². The third-order valence-electron chi connectivity index (χ3n) is 4.73. The van der Waals surface area contributed by atoms with E-state index in [0.717, 1.165) is 26.9 Å². The molecule has 1 aliphatic rings. The highest BCUT2D eigenvalue weighted by Crippen LogP contribution is 2.32. The summed E-state index contributed by atoms with van der Waals surface area (Å²) < 4.78 is 1.10. The Hall–Kier alpha value is -3.67. The van der Waals surface area contributed by atoms with Crippen LogP contribution in [0, 0.1) is 13.8 Å². The number of nitrogens with zero attached hydrogens (tertiary/aromatic N) is 2. The second-order valence-electron chi connectivity index (χ2n) is 6.48. The molecular formula is C21H17N3O3. The highest BCUT2D eigenvalue weighted by molar-refractivity contribution is 6.21. The summed E-state index contributed by atoms with van der Waals surface area (Å²) in [6.07, 6.45) is 3.18. The lowest BCUT2D eigenvalue weighted by Gasteiger charge is -2.12. The minimum atomic E-state index is -0.691. The van der Waals surface area contributed by atoms with Crippen molar-refractivity contribution in [3.8, 4) is 11.6 Å². The van der Waals surface area contributed by atoms with Gasteiger partial charge in [-0.15, -0.1) is 0 Å². The van der Waals surface area contributed by atoms with Gasteiger partial charge in [-0.3, -0.25) is 14.8 Å². The molecule has 0 fully saturated rings. The Bertz CT molecular complexity index is 1250. The molecule has 27 heavy (non-hydrogen) atoms. The van der Waals surface area contributed by atoms with Crippen molar-refractivity contribution in [2.45, 2.75) is 13.8 Å². The lowest BCUT2D eigenvalue weighted by molar-refractivity contribution is 0.429. The highest BCUT2D eigenvalue weighted by atomic mass is 16.3. The summed E-state index contributed by atoms with van der Waals surface area (Å²) in [5.41, 5.74) is 3.53. The molecule has 1 aliphatic heterocycles. The molecule has 1 aromatic heterocycles. The highest BCUT2D eigenvalue weighted by Gasteiger charge is 2.17. The Kier molecular flexibility index (Phi) is 3.88. The number of allylic oxidation sites excluding steroid dienone is 1. The zero-order valence-corrected chi connectivity index (χ0v) is 14.9. The van der Waals surface area contributed by atoms with E-state index in [2.05, 4.69) is 9.98 Å². The average Bonchev–Trinajstić information content (AvgIpc) is 3.04. The number of aromatic nitrogens is 2. The third kappa shape index (κ3) is 2.81. The number of aromatic hydroxyl groups is 1. The number of aromatic amines is 1. The molecule has 3 aromatic rings. The largest absolute Gasteiger partial charge is 0.494 e. The topological polar surface area (TPSA) is 87.4 Å². The number of hydrogen-bond acceptors (Lipinski definition) is 4. The number of nitrogens with one attached hydrogen (secondary N) is 1. The van der Waals surface area contributed by atoms with Crippen molar-refractivity contribution in [3.63, 3.8) is 0 Å². The zero-order chi connectivity index (χ0) is 19.1. The molecule has 0 radical (unpaired) electrons. The Balaban J connectivity index is 1.92. The minimum absolute atomic E-state index is 0.00554. The lowest BCUT2D eigenvalue weighted by Crippen LogP contribution is -2.30. The molecule has 134 valence electrons. The van der Waals surface area contributed by atoms with Gasteiger partial charge in [0.1, 0.15) is 5.56 Å². The molecule has 6 heteroatoms. The molecule has 0 saturated heterocycles. The molecule has 0 unspecified atom stereocenters. The quantitative estimate of drug-likeness (QED) is 0.737. The maximum Gasteiger partial charge on any atom is 0.335 e. The van der Waals surface area contributed by atoms with Gasteiger partial charge in [-0.2, -0.15) is 0 Å². The number of aryl methyl sites for hydroxylation is 2. The maximum atomic E-state index is 12.3. The smallest absolute Gasteiger partial charge is 0.335 e. The number of aliphatic imine (C=N–C) groups is 1. The number of rotatable bonds is 2. The summed E-state index contributed by atoms with van der Waals surface area (Å²) in [6, 6.07) is 12.9. The van der Waals surface area contributed by atoms with Gasteiger partial charge in [0.05, 0.1) is 11.4 Å². The normalized spacial score (nSPS) is 13.9. The third-order valence-corrected chi connectivity index (χ3v) is 4.73. The summed E-state index contributed by atoms with van der Waals surface area (Å²) in [5.74, 6) is -0.405. The fourth-order valence-corrected chi connectivity index (χ4v) is 3.08. The molecule has 2 N–H and O–H groups in total. The van der Waals surface area contributed by atoms with Gasteiger partial charge >= 0.3 is 5.69 Å². The van der Waals surface area contributed by atoms with Crippen molar-refractivity contribution < 1.29 is 5.11 Å². The Morgan fingerprint density at radius 2 is 1.85 bits per heavy atom. The van der Waals surface area contributed by atoms with Gasteiger partial charge in [0.25, 0.3) is 5.56 Å². The molecule has 4 rings (SSSR count). The first-order chi connectivity index (χ1) is 13.0. The summed E-state index contributed by atoms with van der Waals surface area (Å²) in [7, 11) is 0. The van der Waals surface area contributed by atoms with Crippen molar-refractivity contribution in [2.24, 2.45) is 4.99 Å². The van der Waals surface area contributed by atoms with Crippen LogP contribution in [-0.4, -0.2) is 20.9 Å². The van der Waals surface area contributed by atoms with E-state index in [0.29, 0.717) is 11.3 Å². The van der Waals surface area contributed by atoms with Gasteiger partial charge in [-0.25, -0.2) is 9.36 Å². The summed E-state index contributed by atoms with van der Waals surface area (Å²) >= 11 is 0. The molecule has 2 aromatic carbocycles. The van der Waals surface area contributed by atoms with Crippen LogP contribution in [0.3, 0.4) is 0 Å². The Morgan fingerprint density at radius 3 is 2.63 bits per heavy atom. The Labute approximate surface area is 154 Å². The van der Waals surface area contributed by atoms with Crippen LogP contribution in [-0.2, 0) is 0 Å². The standard InChI is InChI=1S/C21H17N3O3/c1-12-7-8-15(9-13(12)2)24-20(26)17(19(25)23-21(24)27)10-14-11-22-18-6-4-3-5-16(14)18/h3-11,26H,1-2H3,(H,23,25,27)/b14-10+. The van der Waals surface area contributed by atoms with Gasteiger partial charge in [0.15, 0.2) is 0 Å². The molecular weight excluding hydrogens is 342 g/mol. The SMILES string of the molecule is Cc1ccc(-n2c(O)c(/C=C3\C=Nc4ccccc43)c(=O)[nH]c2=O)cc1C. The fourth-order valence-electron chi connectivity index (χ4n) is 3.08. The second-order valence-corrected chi connectivity index (χ2v) is 6.48. The summed E-state index contributed by atoms with van der Waals surface area (Å²) in [4.78, 5) is 31.3. The molecule has 0 amide bonds. The van der Waals surface area contributed by atoms with Crippen LogP contribution in [0.5, 0.6) is 5.88 Å². The molecule has 0 atom stereocenters. The van der Waals surface area contributed by atoms with E-state index in [-0.39, 0.29) is 5.56 Å². The minimum Gasteiger partial charge on any atom is -0.494 e. The number of hydrogen-bond donors (Lipinski definition) is 2. The van der Waals surface area contributed by atoms with Crippen molar-refractivity contribution in [3.05, 3.63) is 85.6 Å². The molecule has 0 aliphatic carbocycles. The van der Waals surface area contributed by atoms with E-state index in [4.69, 9.17) is 0 Å². The van der Waals surface area contributed by atoms with Gasteiger partial charge in [0.2, 0.25) is 5.88 Å². The first-order valence-corrected chi connectivity index (χ1v) is 8.47. The molecule has 0 spiro atoms. The zero-order valence-electron chi connectivity index (χ0n) is 14.9. The van der Waals surface area contributed by atoms with Gasteiger partial charge in [-0.05, 0) is 49.2 Å². The van der Waals surface area contributed by atoms with E-state index in [1.165, 1.54) is 0 Å². The predicted molar refractivity (Wildman–Crippen MR) is 106 cm³/mol. The number of benzene rings is 2. The number of fused-ring (bicyclic) bond motifs is 1. The first-order valence-electron chi connectivity index (χ1n) is 8.47. The van der Waals surface area contributed by atoms with E-state index in [1.807, 2.05) is 44.2 Å². The fraction of sp³-hybridized carbons (Fsp3) is 0.0952. The van der Waals surface area contributed by atoms with Crippen LogP contribution in [0.25, 0.3) is 17.3 Å². The number of para-hydroxylation sites is 1. The average molecular weight is 359 g/mol. The lowest BCUT2D eigenvalue weighted by atomic mass is 10.1. The summed E-state index contributed by atoms with van der Waals surface area (Å²) in [5, 5.41) is 10.7. The van der Waals surface area contributed by atoms with Crippen molar-refractivity contribution in [2.75, 3.05) is 0 Å². The van der Waals surface area contributed by atoms with E-state index in [9.17, 15) is 14.7 Å². The molecule has 6 nitrogen and oxygen atoms in total. The second kappa shape index (κ2) is 6.25. The predicted octanol–water partition coefficient (Wildman–Crippen LogP) is 3.10. The molecule has 0 saturated carbocycles. The van der Waals surface area contributed by atoms with Crippen LogP contribution in [0.4, 0.5) is 5.69 Å². The van der Waals surface area contributed by atoms with E-state index < -0.39 is 17.1 Å². The van der Waals surface area contributed by atoms with Gasteiger partial charge < -0.3 is 5.11 Å². The number of H-pyrrole nitrogens is 1. The van der Waals surface area contributed by atoms with E-state index in [1.54, 1.807) is 24.4 Å². The van der Waals surface area contributed by atoms with Gasteiger partial charge in [-0.1, -0.05) is 24.3 Å². The van der Waals surface area contributed by atoms with Crippen molar-refractivity contribution >= 4 is 23.6 Å². The molecule has 2 heterocycles. The molecule has 0 bridgehead atoms. The maximum absolute atomic E-state index is 12.3.